The summed E-state index contributed by atoms with van der Waals surface area (Å²) in [6.45, 7) is 6.41. The van der Waals surface area contributed by atoms with E-state index < -0.39 is 0 Å². The zero-order chi connectivity index (χ0) is 14.8. The fourth-order valence-electron chi connectivity index (χ4n) is 3.64. The molecule has 1 fully saturated rings. The van der Waals surface area contributed by atoms with Crippen molar-refractivity contribution in [1.29, 1.82) is 0 Å². The van der Waals surface area contributed by atoms with Crippen LogP contribution >= 0.6 is 0 Å². The predicted octanol–water partition coefficient (Wildman–Crippen LogP) is 1.32. The highest BCUT2D eigenvalue weighted by atomic mass is 15.3. The van der Waals surface area contributed by atoms with Gasteiger partial charge in [-0.15, -0.1) is 0 Å². The number of piperazine rings is 1. The highest BCUT2D eigenvalue weighted by molar-refractivity contribution is 5.56. The number of benzene rings is 1. The summed E-state index contributed by atoms with van der Waals surface area (Å²) in [5, 5.41) is 0. The molecule has 0 unspecified atom stereocenters. The summed E-state index contributed by atoms with van der Waals surface area (Å²) in [6.07, 6.45) is 2.46. The first-order chi connectivity index (χ1) is 10.2. The maximum absolute atomic E-state index is 6.11. The lowest BCUT2D eigenvalue weighted by Gasteiger charge is -2.38. The molecule has 0 amide bonds. The minimum absolute atomic E-state index is 0.372. The summed E-state index contributed by atoms with van der Waals surface area (Å²) in [5.41, 5.74) is 10.4. The second-order valence-electron chi connectivity index (χ2n) is 6.50. The van der Waals surface area contributed by atoms with Crippen LogP contribution in [0.25, 0.3) is 0 Å². The Kier molecular flexibility index (Phi) is 4.48. The number of fused-ring (bicyclic) bond motifs is 1. The van der Waals surface area contributed by atoms with Crippen LogP contribution in [0.4, 0.5) is 5.69 Å². The second-order valence-corrected chi connectivity index (χ2v) is 6.50. The first-order valence-corrected chi connectivity index (χ1v) is 8.15. The van der Waals surface area contributed by atoms with Gasteiger partial charge in [0.15, 0.2) is 0 Å². The number of likely N-dealkylation sites (N-methyl/N-ethyl adjacent to an activating group) is 1. The summed E-state index contributed by atoms with van der Waals surface area (Å²) in [6, 6.07) is 7.36. The maximum atomic E-state index is 6.11. The quantitative estimate of drug-likeness (QED) is 0.910. The smallest absolute Gasteiger partial charge is 0.0471 e. The van der Waals surface area contributed by atoms with Crippen LogP contribution < -0.4 is 10.6 Å². The first-order valence-electron chi connectivity index (χ1n) is 8.15. The van der Waals surface area contributed by atoms with Crippen molar-refractivity contribution in [2.24, 2.45) is 5.73 Å². The van der Waals surface area contributed by atoms with E-state index in [1.54, 1.807) is 0 Å². The molecule has 1 aromatic rings. The topological polar surface area (TPSA) is 35.7 Å². The van der Waals surface area contributed by atoms with Gasteiger partial charge in [-0.25, -0.2) is 0 Å². The molecule has 3 rings (SSSR count). The molecule has 0 saturated carbocycles. The van der Waals surface area contributed by atoms with Crippen LogP contribution in [0.15, 0.2) is 18.2 Å². The predicted molar refractivity (Wildman–Crippen MR) is 88.9 cm³/mol. The molecule has 0 bridgehead atoms. The van der Waals surface area contributed by atoms with Crippen molar-refractivity contribution in [3.05, 3.63) is 29.3 Å². The van der Waals surface area contributed by atoms with E-state index in [0.717, 1.165) is 26.2 Å². The maximum Gasteiger partial charge on any atom is 0.0471 e. The number of rotatable bonds is 3. The monoisotopic (exact) mass is 288 g/mol. The van der Waals surface area contributed by atoms with Crippen molar-refractivity contribution in [2.45, 2.75) is 18.9 Å². The summed E-state index contributed by atoms with van der Waals surface area (Å²) in [5.74, 6) is 0. The van der Waals surface area contributed by atoms with Gasteiger partial charge in [0, 0.05) is 58.0 Å². The van der Waals surface area contributed by atoms with E-state index in [2.05, 4.69) is 47.0 Å². The van der Waals surface area contributed by atoms with Gasteiger partial charge in [0.05, 0.1) is 0 Å². The van der Waals surface area contributed by atoms with Crippen molar-refractivity contribution < 1.29 is 0 Å². The summed E-state index contributed by atoms with van der Waals surface area (Å²) < 4.78 is 0. The molecule has 2 N–H and O–H groups in total. The number of hydrogen-bond acceptors (Lipinski definition) is 4. The Balaban J connectivity index is 1.81. The van der Waals surface area contributed by atoms with Gasteiger partial charge in [-0.2, -0.15) is 0 Å². The average molecular weight is 288 g/mol. The van der Waals surface area contributed by atoms with Gasteiger partial charge in [0.2, 0.25) is 0 Å². The minimum atomic E-state index is 0.372. The largest absolute Gasteiger partial charge is 0.374 e. The second kappa shape index (κ2) is 6.34. The Bertz CT molecular complexity index is 480. The van der Waals surface area contributed by atoms with E-state index in [1.807, 2.05) is 0 Å². The first kappa shape index (κ1) is 14.8. The molecular weight excluding hydrogens is 260 g/mol. The Morgan fingerprint density at radius 3 is 2.57 bits per heavy atom. The molecule has 0 aliphatic carbocycles. The van der Waals surface area contributed by atoms with Gasteiger partial charge in [0.25, 0.3) is 0 Å². The van der Waals surface area contributed by atoms with Gasteiger partial charge >= 0.3 is 0 Å². The van der Waals surface area contributed by atoms with E-state index >= 15 is 0 Å². The summed E-state index contributed by atoms with van der Waals surface area (Å²) in [4.78, 5) is 7.32. The molecule has 0 spiro atoms. The van der Waals surface area contributed by atoms with Gasteiger partial charge in [0.1, 0.15) is 0 Å². The molecule has 116 valence electrons. The molecule has 2 aliphatic rings. The number of anilines is 1. The highest BCUT2D eigenvalue weighted by Gasteiger charge is 2.24. The van der Waals surface area contributed by atoms with Crippen LogP contribution in [0.2, 0.25) is 0 Å². The van der Waals surface area contributed by atoms with Crippen LogP contribution in [-0.2, 0) is 6.42 Å². The minimum Gasteiger partial charge on any atom is -0.374 e. The van der Waals surface area contributed by atoms with E-state index in [1.165, 1.54) is 36.2 Å². The number of nitrogens with two attached hydrogens (primary N) is 1. The molecule has 1 aromatic carbocycles. The zero-order valence-corrected chi connectivity index (χ0v) is 13.4. The van der Waals surface area contributed by atoms with Gasteiger partial charge in [-0.05, 0) is 37.1 Å². The van der Waals surface area contributed by atoms with Crippen molar-refractivity contribution in [3.63, 3.8) is 0 Å². The fourth-order valence-corrected chi connectivity index (χ4v) is 3.64. The van der Waals surface area contributed by atoms with Crippen LogP contribution in [0.1, 0.15) is 23.6 Å². The Hall–Kier alpha value is -1.10. The van der Waals surface area contributed by atoms with Gasteiger partial charge in [-0.3, -0.25) is 4.90 Å². The number of aryl methyl sites for hydroxylation is 1. The lowest BCUT2D eigenvalue weighted by molar-refractivity contribution is 0.114. The normalized spacial score (nSPS) is 22.1. The molecule has 0 aromatic heterocycles. The Morgan fingerprint density at radius 2 is 1.86 bits per heavy atom. The Morgan fingerprint density at radius 1 is 1.10 bits per heavy atom. The SMILES string of the molecule is CN1CCN([C@@H](CN)c2ccc3c(c2)CCCN3C)CC1. The van der Waals surface area contributed by atoms with E-state index in [9.17, 15) is 0 Å². The molecular formula is C17H28N4. The number of nitrogens with zero attached hydrogens (tertiary/aromatic N) is 3. The van der Waals surface area contributed by atoms with Crippen LogP contribution in [0.5, 0.6) is 0 Å². The highest BCUT2D eigenvalue weighted by Crippen LogP contribution is 2.30. The molecule has 4 nitrogen and oxygen atoms in total. The van der Waals surface area contributed by atoms with Crippen molar-refractivity contribution in [1.82, 2.24) is 9.80 Å². The van der Waals surface area contributed by atoms with Crippen molar-refractivity contribution >= 4 is 5.69 Å². The van der Waals surface area contributed by atoms with Gasteiger partial charge < -0.3 is 15.5 Å². The van der Waals surface area contributed by atoms with E-state index in [4.69, 9.17) is 5.73 Å². The average Bonchev–Trinajstić information content (AvgIpc) is 2.50. The third-order valence-electron chi connectivity index (χ3n) is 5.04. The lowest BCUT2D eigenvalue weighted by atomic mass is 9.95. The van der Waals surface area contributed by atoms with Crippen molar-refractivity contribution in [2.75, 3.05) is 58.3 Å². The van der Waals surface area contributed by atoms with E-state index in [0.29, 0.717) is 12.6 Å². The molecule has 21 heavy (non-hydrogen) atoms. The van der Waals surface area contributed by atoms with Crippen LogP contribution in [0, 0.1) is 0 Å². The Labute approximate surface area is 128 Å². The molecule has 1 saturated heterocycles. The third-order valence-corrected chi connectivity index (χ3v) is 5.04. The van der Waals surface area contributed by atoms with Crippen LogP contribution in [-0.4, -0.2) is 63.2 Å². The molecule has 1 atom stereocenters. The lowest BCUT2D eigenvalue weighted by Crippen LogP contribution is -2.47. The molecule has 0 radical (unpaired) electrons. The summed E-state index contributed by atoms with van der Waals surface area (Å²) >= 11 is 0. The summed E-state index contributed by atoms with van der Waals surface area (Å²) in [7, 11) is 4.39. The fraction of sp³-hybridized carbons (Fsp3) is 0.647. The van der Waals surface area contributed by atoms with Crippen molar-refractivity contribution in [3.8, 4) is 0 Å². The van der Waals surface area contributed by atoms with Crippen LogP contribution in [0.3, 0.4) is 0 Å². The molecule has 2 aliphatic heterocycles. The molecule has 4 heteroatoms. The molecule has 2 heterocycles. The van der Waals surface area contributed by atoms with Gasteiger partial charge in [-0.1, -0.05) is 12.1 Å². The zero-order valence-electron chi connectivity index (χ0n) is 13.4. The number of hydrogen-bond donors (Lipinski definition) is 1. The standard InChI is InChI=1S/C17H28N4/c1-19-8-10-21(11-9-19)17(13-18)15-5-6-16-14(12-15)4-3-7-20(16)2/h5-6,12,17H,3-4,7-11,13,18H2,1-2H3/t17-/m0/s1. The third kappa shape index (κ3) is 3.07. The van der Waals surface area contributed by atoms with E-state index in [-0.39, 0.29) is 0 Å².